The van der Waals surface area contributed by atoms with Crippen molar-refractivity contribution in [3.63, 3.8) is 0 Å². The molecule has 0 aliphatic heterocycles. The van der Waals surface area contributed by atoms with Gasteiger partial charge in [0.05, 0.1) is 0 Å². The van der Waals surface area contributed by atoms with E-state index in [1.54, 1.807) is 0 Å². The van der Waals surface area contributed by atoms with Crippen molar-refractivity contribution >= 4 is 16.3 Å². The van der Waals surface area contributed by atoms with Crippen LogP contribution in [0, 0.1) is 18.8 Å². The summed E-state index contributed by atoms with van der Waals surface area (Å²) >= 11 is 0. The van der Waals surface area contributed by atoms with Gasteiger partial charge in [0.15, 0.2) is 0 Å². The lowest BCUT2D eigenvalue weighted by Crippen LogP contribution is -2.39. The van der Waals surface area contributed by atoms with E-state index in [-0.39, 0.29) is 17.8 Å². The molecule has 0 saturated heterocycles. The van der Waals surface area contributed by atoms with Gasteiger partial charge >= 0.3 is 0 Å². The van der Waals surface area contributed by atoms with Gasteiger partial charge in [-0.05, 0) is 69.5 Å². The highest BCUT2D eigenvalue weighted by Crippen LogP contribution is 2.63. The summed E-state index contributed by atoms with van der Waals surface area (Å²) in [6.45, 7) is 18.7. The van der Waals surface area contributed by atoms with Crippen LogP contribution in [0.5, 0.6) is 0 Å². The highest BCUT2D eigenvalue weighted by Gasteiger charge is 2.50. The maximum Gasteiger partial charge on any atom is 0.0264 e. The van der Waals surface area contributed by atoms with E-state index in [0.29, 0.717) is 11.8 Å². The molecule has 0 bridgehead atoms. The van der Waals surface area contributed by atoms with Crippen molar-refractivity contribution in [1.82, 2.24) is 0 Å². The van der Waals surface area contributed by atoms with E-state index in [9.17, 15) is 0 Å². The van der Waals surface area contributed by atoms with Gasteiger partial charge in [-0.3, -0.25) is 0 Å². The maximum absolute atomic E-state index is 4.80. The monoisotopic (exact) mass is 452 g/mol. The Kier molecular flexibility index (Phi) is 5.15. The van der Waals surface area contributed by atoms with E-state index in [1.807, 2.05) is 0 Å². The molecule has 5 unspecified atom stereocenters. The highest BCUT2D eigenvalue weighted by molar-refractivity contribution is 5.90. The Bertz CT molecular complexity index is 1470. The van der Waals surface area contributed by atoms with Crippen molar-refractivity contribution in [3.8, 4) is 0 Å². The second-order valence-corrected chi connectivity index (χ2v) is 10.5. The summed E-state index contributed by atoms with van der Waals surface area (Å²) in [6.07, 6.45) is 0. The van der Waals surface area contributed by atoms with Crippen LogP contribution in [0.25, 0.3) is 16.3 Å². The van der Waals surface area contributed by atoms with Crippen molar-refractivity contribution in [2.24, 2.45) is 11.8 Å². The lowest BCUT2D eigenvalue weighted by Gasteiger charge is -2.52. The lowest BCUT2D eigenvalue weighted by atomic mass is 9.51. The first-order valence-electron chi connectivity index (χ1n) is 12.7. The predicted molar refractivity (Wildman–Crippen MR) is 150 cm³/mol. The third-order valence-corrected chi connectivity index (χ3v) is 8.57. The summed E-state index contributed by atoms with van der Waals surface area (Å²) in [5.41, 5.74) is 10.4. The van der Waals surface area contributed by atoms with E-state index in [1.165, 1.54) is 55.3 Å². The smallest absolute Gasteiger partial charge is 0.0264 e. The van der Waals surface area contributed by atoms with Gasteiger partial charge in [-0.2, -0.15) is 0 Å². The third-order valence-electron chi connectivity index (χ3n) is 8.57. The van der Waals surface area contributed by atoms with Crippen LogP contribution >= 0.6 is 0 Å². The van der Waals surface area contributed by atoms with E-state index < -0.39 is 0 Å². The fraction of sp³-hybridized carbons (Fsp3) is 0.200. The summed E-state index contributed by atoms with van der Waals surface area (Å²) in [4.78, 5) is 0. The van der Waals surface area contributed by atoms with Crippen molar-refractivity contribution in [3.05, 3.63) is 150 Å². The zero-order chi connectivity index (χ0) is 24.3. The van der Waals surface area contributed by atoms with E-state index in [2.05, 4.69) is 111 Å². The van der Waals surface area contributed by atoms with E-state index >= 15 is 0 Å². The number of rotatable bonds is 2. The fourth-order valence-corrected chi connectivity index (χ4v) is 6.89. The Hall–Kier alpha value is -3.64. The van der Waals surface area contributed by atoms with E-state index in [0.717, 1.165) is 0 Å². The summed E-state index contributed by atoms with van der Waals surface area (Å²) in [5.74, 6) is 1.29. The molecular weight excluding hydrogens is 420 g/mol. The van der Waals surface area contributed by atoms with Crippen LogP contribution in [0.4, 0.5) is 0 Å². The second-order valence-electron chi connectivity index (χ2n) is 10.5. The lowest BCUT2D eigenvalue weighted by molar-refractivity contribution is 0.294. The molecule has 172 valence electrons. The molecule has 4 aromatic carbocycles. The topological polar surface area (TPSA) is 0 Å². The number of hydrogen-bond donors (Lipinski definition) is 0. The van der Waals surface area contributed by atoms with Crippen molar-refractivity contribution in [2.45, 2.75) is 31.6 Å². The van der Waals surface area contributed by atoms with E-state index in [4.69, 9.17) is 13.2 Å². The molecular formula is C35H32. The van der Waals surface area contributed by atoms with Gasteiger partial charge in [-0.1, -0.05) is 122 Å². The normalized spacial score (nSPS) is 25.9. The number of allylic oxidation sites excluding steroid dienone is 3. The molecule has 2 aliphatic rings. The van der Waals surface area contributed by atoms with Gasteiger partial charge in [0.1, 0.15) is 0 Å². The average Bonchev–Trinajstić information content (AvgIpc) is 2.87. The summed E-state index contributed by atoms with van der Waals surface area (Å²) in [6, 6.07) is 33.3. The van der Waals surface area contributed by atoms with Gasteiger partial charge in [-0.15, -0.1) is 0 Å². The fourth-order valence-electron chi connectivity index (χ4n) is 6.89. The van der Waals surface area contributed by atoms with Crippen molar-refractivity contribution in [1.29, 1.82) is 0 Å². The SMILES string of the molecule is C=C1c2cc3cc(C)ccc3cc2C2C(=C)C(c3ccccc3)C(=C)C(c3ccccc3)C2C1C. The largest absolute Gasteiger partial charge is 0.0983 e. The maximum atomic E-state index is 4.80. The summed E-state index contributed by atoms with van der Waals surface area (Å²) in [5, 5.41) is 2.58. The first kappa shape index (κ1) is 21.9. The first-order valence-corrected chi connectivity index (χ1v) is 12.7. The molecule has 0 nitrogen and oxygen atoms in total. The number of fused-ring (bicyclic) bond motifs is 4. The predicted octanol–water partition coefficient (Wildman–Crippen LogP) is 9.20. The average molecular weight is 453 g/mol. The van der Waals surface area contributed by atoms with Crippen molar-refractivity contribution < 1.29 is 0 Å². The van der Waals surface area contributed by atoms with Crippen molar-refractivity contribution in [2.75, 3.05) is 0 Å². The molecule has 1 saturated carbocycles. The molecule has 35 heavy (non-hydrogen) atoms. The number of aryl methyl sites for hydroxylation is 1. The van der Waals surface area contributed by atoms with Crippen LogP contribution in [0.3, 0.4) is 0 Å². The zero-order valence-corrected chi connectivity index (χ0v) is 20.7. The Morgan fingerprint density at radius 1 is 0.629 bits per heavy atom. The van der Waals surface area contributed by atoms with Crippen LogP contribution in [0.2, 0.25) is 0 Å². The molecule has 0 spiro atoms. The Morgan fingerprint density at radius 3 is 1.94 bits per heavy atom. The minimum absolute atomic E-state index is 0.128. The van der Waals surface area contributed by atoms with Gasteiger partial charge in [0.2, 0.25) is 0 Å². The molecule has 0 heterocycles. The van der Waals surface area contributed by atoms with Gasteiger partial charge in [0, 0.05) is 17.8 Å². The van der Waals surface area contributed by atoms with Crippen LogP contribution in [0.15, 0.2) is 122 Å². The molecule has 0 heteroatoms. The molecule has 5 atom stereocenters. The molecule has 0 aromatic heterocycles. The van der Waals surface area contributed by atoms with Gasteiger partial charge in [0.25, 0.3) is 0 Å². The Balaban J connectivity index is 1.61. The minimum atomic E-state index is 0.128. The molecule has 0 radical (unpaired) electrons. The molecule has 2 aliphatic carbocycles. The van der Waals surface area contributed by atoms with Gasteiger partial charge in [-0.25, -0.2) is 0 Å². The Labute approximate surface area is 209 Å². The third kappa shape index (κ3) is 3.35. The Morgan fingerprint density at radius 2 is 1.26 bits per heavy atom. The standard InChI is InChI=1S/C35H32/c1-21-16-17-28-19-31-30(20-29(28)18-21)22(2)23(3)35-33(27-14-10-7-11-15-27)24(4)32(25(5)34(31)35)26-12-8-6-9-13-26/h6-20,23,32-35H,2,4-5H2,1,3H3. The first-order chi connectivity index (χ1) is 17.0. The van der Waals surface area contributed by atoms with Gasteiger partial charge < -0.3 is 0 Å². The summed E-state index contributed by atoms with van der Waals surface area (Å²) < 4.78 is 0. The molecule has 0 N–H and O–H groups in total. The quantitative estimate of drug-likeness (QED) is 0.266. The molecule has 6 rings (SSSR count). The van der Waals surface area contributed by atoms with Crippen LogP contribution in [0.1, 0.15) is 52.5 Å². The molecule has 1 fully saturated rings. The van der Waals surface area contributed by atoms with Crippen LogP contribution in [-0.2, 0) is 0 Å². The summed E-state index contributed by atoms with van der Waals surface area (Å²) in [7, 11) is 0. The van der Waals surface area contributed by atoms with Crippen LogP contribution in [-0.4, -0.2) is 0 Å². The second kappa shape index (κ2) is 8.24. The zero-order valence-electron chi connectivity index (χ0n) is 20.7. The molecule has 0 amide bonds. The minimum Gasteiger partial charge on any atom is -0.0983 e. The number of benzene rings is 4. The highest BCUT2D eigenvalue weighted by atomic mass is 14.5. The molecule has 4 aromatic rings. The van der Waals surface area contributed by atoms with Crippen LogP contribution < -0.4 is 0 Å². The number of hydrogen-bond acceptors (Lipinski definition) is 0.